The smallest absolute Gasteiger partial charge is 0.262 e. The van der Waals surface area contributed by atoms with Crippen molar-refractivity contribution in [3.8, 4) is 17.0 Å². The van der Waals surface area contributed by atoms with Crippen LogP contribution >= 0.6 is 11.6 Å². The van der Waals surface area contributed by atoms with Crippen LogP contribution in [0.4, 0.5) is 11.4 Å². The highest BCUT2D eigenvalue weighted by Gasteiger charge is 2.18. The number of nitrogens with zero attached hydrogens (tertiary/aromatic N) is 1. The Morgan fingerprint density at radius 1 is 0.868 bits per heavy atom. The van der Waals surface area contributed by atoms with Crippen molar-refractivity contribution in [1.82, 2.24) is 4.98 Å². The maximum atomic E-state index is 13.5. The molecule has 4 aromatic carbocycles. The minimum Gasteiger partial charge on any atom is -0.497 e. The number of benzene rings is 4. The lowest BCUT2D eigenvalue weighted by molar-refractivity contribution is 0.102. The van der Waals surface area contributed by atoms with E-state index in [0.717, 1.165) is 5.56 Å². The molecule has 38 heavy (non-hydrogen) atoms. The lowest BCUT2D eigenvalue weighted by atomic mass is 10.0. The van der Waals surface area contributed by atoms with Gasteiger partial charge in [0, 0.05) is 16.6 Å². The van der Waals surface area contributed by atoms with Crippen molar-refractivity contribution in [2.24, 2.45) is 0 Å². The fraction of sp³-hybridized carbons (Fsp3) is 0.0345. The molecule has 0 saturated heterocycles. The van der Waals surface area contributed by atoms with Crippen molar-refractivity contribution in [3.63, 3.8) is 0 Å². The summed E-state index contributed by atoms with van der Waals surface area (Å²) in [5.41, 5.74) is 3.10. The minimum absolute atomic E-state index is 0.0197. The molecule has 5 rings (SSSR count). The Labute approximate surface area is 225 Å². The van der Waals surface area contributed by atoms with Crippen LogP contribution in [0.2, 0.25) is 5.02 Å². The quantitative estimate of drug-likeness (QED) is 0.240. The third-order valence-electron chi connectivity index (χ3n) is 5.87. The molecule has 0 aliphatic heterocycles. The van der Waals surface area contributed by atoms with Crippen LogP contribution in [0.3, 0.4) is 0 Å². The Bertz CT molecular complexity index is 1760. The van der Waals surface area contributed by atoms with Crippen LogP contribution in [-0.2, 0) is 10.0 Å². The van der Waals surface area contributed by atoms with Gasteiger partial charge < -0.3 is 10.1 Å². The van der Waals surface area contributed by atoms with E-state index >= 15 is 0 Å². The molecule has 0 spiro atoms. The highest BCUT2D eigenvalue weighted by atomic mass is 35.5. The van der Waals surface area contributed by atoms with Crippen LogP contribution < -0.4 is 14.8 Å². The number of ether oxygens (including phenoxy) is 1. The first-order chi connectivity index (χ1) is 18.3. The third-order valence-corrected chi connectivity index (χ3v) is 7.56. The van der Waals surface area contributed by atoms with E-state index in [1.165, 1.54) is 12.1 Å². The van der Waals surface area contributed by atoms with Gasteiger partial charge in [-0.05, 0) is 66.7 Å². The maximum Gasteiger partial charge on any atom is 0.262 e. The second-order valence-electron chi connectivity index (χ2n) is 8.37. The van der Waals surface area contributed by atoms with Crippen molar-refractivity contribution < 1.29 is 17.9 Å². The molecule has 190 valence electrons. The molecule has 0 aliphatic rings. The van der Waals surface area contributed by atoms with Crippen LogP contribution in [0, 0.1) is 0 Å². The van der Waals surface area contributed by atoms with E-state index in [-0.39, 0.29) is 15.6 Å². The number of aromatic nitrogens is 1. The van der Waals surface area contributed by atoms with Crippen LogP contribution in [-0.4, -0.2) is 26.4 Å². The number of fused-ring (bicyclic) bond motifs is 1. The largest absolute Gasteiger partial charge is 0.497 e. The predicted octanol–water partition coefficient (Wildman–Crippen LogP) is 6.62. The van der Waals surface area contributed by atoms with Crippen LogP contribution in [0.5, 0.6) is 5.75 Å². The zero-order valence-corrected chi connectivity index (χ0v) is 21.8. The number of sulfonamides is 1. The summed E-state index contributed by atoms with van der Waals surface area (Å²) in [6.07, 6.45) is 0. The van der Waals surface area contributed by atoms with Gasteiger partial charge >= 0.3 is 0 Å². The Kier molecular flexibility index (Phi) is 7.00. The maximum absolute atomic E-state index is 13.5. The fourth-order valence-corrected chi connectivity index (χ4v) is 5.32. The van der Waals surface area contributed by atoms with Gasteiger partial charge in [-0.3, -0.25) is 9.52 Å². The molecular weight excluding hydrogens is 522 g/mol. The lowest BCUT2D eigenvalue weighted by Gasteiger charge is -2.13. The number of carbonyl (C=O) groups excluding carboxylic acids is 1. The predicted molar refractivity (Wildman–Crippen MR) is 150 cm³/mol. The molecule has 5 aromatic rings. The first-order valence-corrected chi connectivity index (χ1v) is 13.4. The lowest BCUT2D eigenvalue weighted by Crippen LogP contribution is -2.15. The number of carbonyl (C=O) groups is 1. The molecule has 0 unspecified atom stereocenters. The average molecular weight is 544 g/mol. The summed E-state index contributed by atoms with van der Waals surface area (Å²) in [5.74, 6) is 0.318. The van der Waals surface area contributed by atoms with E-state index in [9.17, 15) is 13.2 Å². The topological polar surface area (TPSA) is 97.4 Å². The Hall–Kier alpha value is -4.40. The molecule has 0 aliphatic carbocycles. The van der Waals surface area contributed by atoms with Crippen molar-refractivity contribution in [1.29, 1.82) is 0 Å². The van der Waals surface area contributed by atoms with E-state index in [1.807, 2.05) is 48.5 Å². The van der Waals surface area contributed by atoms with E-state index in [1.54, 1.807) is 49.6 Å². The van der Waals surface area contributed by atoms with Gasteiger partial charge in [0.25, 0.3) is 15.9 Å². The summed E-state index contributed by atoms with van der Waals surface area (Å²) < 4.78 is 33.7. The number of halogens is 1. The van der Waals surface area contributed by atoms with E-state index in [2.05, 4.69) is 10.0 Å². The van der Waals surface area contributed by atoms with Crippen molar-refractivity contribution >= 4 is 49.8 Å². The van der Waals surface area contributed by atoms with E-state index in [0.29, 0.717) is 33.6 Å². The Morgan fingerprint density at radius 3 is 2.37 bits per heavy atom. The van der Waals surface area contributed by atoms with E-state index in [4.69, 9.17) is 21.3 Å². The molecule has 0 fully saturated rings. The van der Waals surface area contributed by atoms with Gasteiger partial charge in [0.1, 0.15) is 5.75 Å². The number of rotatable bonds is 7. The highest BCUT2D eigenvalue weighted by Crippen LogP contribution is 2.28. The van der Waals surface area contributed by atoms with Gasteiger partial charge in [-0.2, -0.15) is 0 Å². The van der Waals surface area contributed by atoms with Crippen molar-refractivity contribution in [3.05, 3.63) is 114 Å². The molecule has 0 radical (unpaired) electrons. The normalized spacial score (nSPS) is 11.2. The molecular formula is C29H22ClN3O4S. The zero-order chi connectivity index (χ0) is 26.7. The van der Waals surface area contributed by atoms with Crippen LogP contribution in [0.15, 0.2) is 108 Å². The molecule has 7 nitrogen and oxygen atoms in total. The fourth-order valence-electron chi connectivity index (χ4n) is 3.96. The average Bonchev–Trinajstić information content (AvgIpc) is 2.94. The van der Waals surface area contributed by atoms with Crippen LogP contribution in [0.25, 0.3) is 22.2 Å². The van der Waals surface area contributed by atoms with Crippen LogP contribution in [0.1, 0.15) is 10.4 Å². The number of methoxy groups -OCH3 is 1. The number of anilines is 2. The molecule has 0 saturated carbocycles. The molecule has 0 atom stereocenters. The molecule has 9 heteroatoms. The minimum atomic E-state index is -3.95. The molecule has 1 aromatic heterocycles. The number of pyridine rings is 1. The first kappa shape index (κ1) is 25.3. The number of nitrogens with one attached hydrogen (secondary N) is 2. The summed E-state index contributed by atoms with van der Waals surface area (Å²) in [6, 6.07) is 29.0. The molecule has 2 N–H and O–H groups in total. The van der Waals surface area contributed by atoms with E-state index < -0.39 is 15.9 Å². The number of hydrogen-bond acceptors (Lipinski definition) is 5. The van der Waals surface area contributed by atoms with Gasteiger partial charge in [0.15, 0.2) is 0 Å². The summed E-state index contributed by atoms with van der Waals surface area (Å²) in [6.45, 7) is 0. The Morgan fingerprint density at radius 2 is 1.61 bits per heavy atom. The Balaban J connectivity index is 1.46. The summed E-state index contributed by atoms with van der Waals surface area (Å²) in [7, 11) is -2.35. The SMILES string of the molecule is COc1ccc(-c2cc(C(=O)Nc3cccc(S(=O)(=O)Nc4ccccc4Cl)c3)c3ccccc3n2)cc1. The number of amides is 1. The molecule has 1 heterocycles. The first-order valence-electron chi connectivity index (χ1n) is 11.6. The third kappa shape index (κ3) is 5.32. The second-order valence-corrected chi connectivity index (χ2v) is 10.5. The molecule has 0 bridgehead atoms. The number of hydrogen-bond donors (Lipinski definition) is 2. The summed E-state index contributed by atoms with van der Waals surface area (Å²) in [5, 5.41) is 3.78. The zero-order valence-electron chi connectivity index (χ0n) is 20.2. The van der Waals surface area contributed by atoms with Gasteiger partial charge in [0.05, 0.1) is 39.5 Å². The summed E-state index contributed by atoms with van der Waals surface area (Å²) >= 11 is 6.11. The van der Waals surface area contributed by atoms with Crippen molar-refractivity contribution in [2.45, 2.75) is 4.90 Å². The van der Waals surface area contributed by atoms with Gasteiger partial charge in [-0.25, -0.2) is 13.4 Å². The van der Waals surface area contributed by atoms with Gasteiger partial charge in [0.2, 0.25) is 0 Å². The van der Waals surface area contributed by atoms with Gasteiger partial charge in [-0.15, -0.1) is 0 Å². The van der Waals surface area contributed by atoms with Gasteiger partial charge in [-0.1, -0.05) is 48.0 Å². The standard InChI is InChI=1S/C29H22ClN3O4S/c1-37-21-15-13-19(14-16-21)28-18-24(23-9-2-4-11-26(23)32-28)29(34)31-20-7-6-8-22(17-20)38(35,36)33-27-12-5-3-10-25(27)30/h2-18,33H,1H3,(H,31,34). The second kappa shape index (κ2) is 10.5. The number of para-hydroxylation sites is 2. The van der Waals surface area contributed by atoms with Crippen molar-refractivity contribution in [2.75, 3.05) is 17.1 Å². The molecule has 1 amide bonds. The highest BCUT2D eigenvalue weighted by molar-refractivity contribution is 7.92. The monoisotopic (exact) mass is 543 g/mol. The summed E-state index contributed by atoms with van der Waals surface area (Å²) in [4.78, 5) is 18.2.